The molecule has 0 aliphatic rings. The highest BCUT2D eigenvalue weighted by Crippen LogP contribution is 2.35. The van der Waals surface area contributed by atoms with Gasteiger partial charge in [0.1, 0.15) is 8.28 Å². The van der Waals surface area contributed by atoms with Crippen LogP contribution >= 0.6 is 35.7 Å². The molecule has 0 amide bonds. The van der Waals surface area contributed by atoms with Crippen LogP contribution in [0.5, 0.6) is 0 Å². The molecule has 0 aliphatic carbocycles. The molecule has 0 saturated heterocycles. The summed E-state index contributed by atoms with van der Waals surface area (Å²) in [6.45, 7) is 6.04. The summed E-state index contributed by atoms with van der Waals surface area (Å²) >= 11 is 8.13. The van der Waals surface area contributed by atoms with Crippen molar-refractivity contribution in [3.05, 3.63) is 0 Å². The van der Waals surface area contributed by atoms with Gasteiger partial charge in [-0.1, -0.05) is 44.2 Å². The Kier molecular flexibility index (Phi) is 8.66. The Hall–Kier alpha value is -0.250. The minimum absolute atomic E-state index is 0.00426. The summed E-state index contributed by atoms with van der Waals surface area (Å²) in [7, 11) is 0. The first-order chi connectivity index (χ1) is 8.33. The summed E-state index contributed by atoms with van der Waals surface area (Å²) in [6, 6.07) is 2.17. The Balaban J connectivity index is 4.22. The van der Waals surface area contributed by atoms with Crippen LogP contribution in [-0.4, -0.2) is 25.1 Å². The maximum absolute atomic E-state index is 10.5. The minimum Gasteiger partial charge on any atom is -0.481 e. The summed E-state index contributed by atoms with van der Waals surface area (Å²) < 4.78 is -0.0116. The van der Waals surface area contributed by atoms with Crippen molar-refractivity contribution in [3.63, 3.8) is 0 Å². The molecule has 102 valence electrons. The maximum atomic E-state index is 10.5. The topological polar surface area (TPSA) is 61.1 Å². The first-order valence-electron chi connectivity index (χ1n) is 5.81. The van der Waals surface area contributed by atoms with E-state index >= 15 is 0 Å². The van der Waals surface area contributed by atoms with Gasteiger partial charge in [-0.15, -0.1) is 11.8 Å². The van der Waals surface area contributed by atoms with Gasteiger partial charge >= 0.3 is 5.97 Å². The summed E-state index contributed by atoms with van der Waals surface area (Å²) in [5.74, 6) is 0.666. The third kappa shape index (κ3) is 7.96. The van der Waals surface area contributed by atoms with E-state index < -0.39 is 10.7 Å². The average Bonchev–Trinajstić information content (AvgIpc) is 2.33. The largest absolute Gasteiger partial charge is 0.481 e. The number of aliphatic carboxylic acids is 1. The number of thiocarbonyl (C=S) groups is 1. The van der Waals surface area contributed by atoms with Crippen LogP contribution in [-0.2, 0) is 4.79 Å². The smallest absolute Gasteiger partial charge is 0.303 e. The van der Waals surface area contributed by atoms with Gasteiger partial charge in [-0.3, -0.25) is 4.79 Å². The molecular weight excluding hydrogens is 286 g/mol. The fourth-order valence-electron chi connectivity index (χ4n) is 1.02. The Morgan fingerprint density at radius 3 is 2.67 bits per heavy atom. The Labute approximate surface area is 123 Å². The zero-order valence-corrected chi connectivity index (χ0v) is 13.4. The van der Waals surface area contributed by atoms with Crippen LogP contribution in [0, 0.1) is 17.2 Å². The van der Waals surface area contributed by atoms with Crippen molar-refractivity contribution < 1.29 is 9.90 Å². The van der Waals surface area contributed by atoms with E-state index in [0.717, 1.165) is 15.7 Å². The van der Waals surface area contributed by atoms with Crippen molar-refractivity contribution in [2.75, 3.05) is 5.75 Å². The number of thioether (sulfide) groups is 2. The summed E-state index contributed by atoms with van der Waals surface area (Å²) in [6.07, 6.45) is 1.41. The Morgan fingerprint density at radius 2 is 2.22 bits per heavy atom. The monoisotopic (exact) mass is 305 g/mol. The van der Waals surface area contributed by atoms with Gasteiger partial charge in [-0.2, -0.15) is 5.26 Å². The Morgan fingerprint density at radius 1 is 1.61 bits per heavy atom. The summed E-state index contributed by atoms with van der Waals surface area (Å²) in [5.41, 5.74) is 0. The van der Waals surface area contributed by atoms with Gasteiger partial charge in [0.05, 0.1) is 6.07 Å². The van der Waals surface area contributed by atoms with E-state index in [4.69, 9.17) is 22.6 Å². The third-order valence-corrected chi connectivity index (χ3v) is 5.63. The van der Waals surface area contributed by atoms with E-state index in [0.29, 0.717) is 12.3 Å². The maximum Gasteiger partial charge on any atom is 0.303 e. The normalized spacial score (nSPS) is 15.4. The zero-order valence-electron chi connectivity index (χ0n) is 10.9. The van der Waals surface area contributed by atoms with E-state index in [-0.39, 0.29) is 6.42 Å². The Bertz CT molecular complexity index is 341. The highest BCUT2D eigenvalue weighted by Gasteiger charge is 2.27. The second-order valence-electron chi connectivity index (χ2n) is 4.41. The number of rotatable bonds is 7. The molecule has 0 aliphatic heterocycles. The fourth-order valence-corrected chi connectivity index (χ4v) is 4.04. The number of carbonyl (C=O) groups is 1. The number of carboxylic acids is 1. The number of nitrogens with zero attached hydrogens (tertiary/aromatic N) is 1. The molecule has 0 heterocycles. The molecule has 18 heavy (non-hydrogen) atoms. The average molecular weight is 305 g/mol. The van der Waals surface area contributed by atoms with Gasteiger partial charge < -0.3 is 5.11 Å². The first kappa shape index (κ1) is 17.8. The number of carboxylic acid groups (broad SMARTS) is 1. The lowest BCUT2D eigenvalue weighted by atomic mass is 10.1. The van der Waals surface area contributed by atoms with Crippen molar-refractivity contribution in [3.8, 4) is 6.07 Å². The number of nitriles is 1. The van der Waals surface area contributed by atoms with Crippen molar-refractivity contribution in [2.45, 2.75) is 44.8 Å². The number of hydrogen-bond acceptors (Lipinski definition) is 5. The molecule has 0 bridgehead atoms. The van der Waals surface area contributed by atoms with Gasteiger partial charge in [-0.25, -0.2) is 0 Å². The fraction of sp³-hybridized carbons (Fsp3) is 0.750. The molecule has 6 heteroatoms. The van der Waals surface area contributed by atoms with Crippen LogP contribution in [0.1, 0.15) is 40.0 Å². The van der Waals surface area contributed by atoms with Crippen LogP contribution in [0.15, 0.2) is 0 Å². The highest BCUT2D eigenvalue weighted by atomic mass is 32.2. The molecule has 0 spiro atoms. The molecular formula is C12H19NO2S3. The molecule has 0 aromatic heterocycles. The van der Waals surface area contributed by atoms with Crippen LogP contribution in [0.25, 0.3) is 0 Å². The van der Waals surface area contributed by atoms with E-state index in [9.17, 15) is 4.79 Å². The van der Waals surface area contributed by atoms with Crippen LogP contribution in [0.3, 0.4) is 0 Å². The standard InChI is InChI=1S/C12H19NO2S3/c1-4-9(2)7-17-11(16)18-12(3,8-13)6-5-10(14)15/h9H,4-7H2,1-3H3,(H,14,15). The molecule has 2 unspecified atom stereocenters. The van der Waals surface area contributed by atoms with Crippen LogP contribution in [0.4, 0.5) is 0 Å². The van der Waals surface area contributed by atoms with Crippen molar-refractivity contribution in [1.82, 2.24) is 0 Å². The van der Waals surface area contributed by atoms with Crippen LogP contribution < -0.4 is 0 Å². The SMILES string of the molecule is CCC(C)CSC(=S)SC(C)(C#N)CCC(=O)O. The van der Waals surface area contributed by atoms with Gasteiger partial charge in [0.25, 0.3) is 0 Å². The molecule has 0 aromatic carbocycles. The molecule has 0 fully saturated rings. The molecule has 0 rings (SSSR count). The van der Waals surface area contributed by atoms with Gasteiger partial charge in [0, 0.05) is 12.2 Å². The van der Waals surface area contributed by atoms with Crippen molar-refractivity contribution in [2.24, 2.45) is 5.92 Å². The molecule has 1 N–H and O–H groups in total. The quantitative estimate of drug-likeness (QED) is 0.719. The number of hydrogen-bond donors (Lipinski definition) is 1. The predicted octanol–water partition coefficient (Wildman–Crippen LogP) is 3.93. The first-order valence-corrected chi connectivity index (χ1v) is 8.02. The lowest BCUT2D eigenvalue weighted by Crippen LogP contribution is -2.20. The van der Waals surface area contributed by atoms with E-state index in [2.05, 4.69) is 19.9 Å². The van der Waals surface area contributed by atoms with Crippen molar-refractivity contribution >= 4 is 45.2 Å². The van der Waals surface area contributed by atoms with Gasteiger partial charge in [0.15, 0.2) is 0 Å². The van der Waals surface area contributed by atoms with Gasteiger partial charge in [-0.05, 0) is 19.3 Å². The third-order valence-electron chi connectivity index (χ3n) is 2.54. The lowest BCUT2D eigenvalue weighted by Gasteiger charge is -2.20. The zero-order chi connectivity index (χ0) is 14.2. The van der Waals surface area contributed by atoms with Crippen LogP contribution in [0.2, 0.25) is 0 Å². The second kappa shape index (κ2) is 8.78. The molecule has 0 radical (unpaired) electrons. The molecule has 3 nitrogen and oxygen atoms in total. The van der Waals surface area contributed by atoms with E-state index in [1.807, 2.05) is 0 Å². The summed E-state index contributed by atoms with van der Waals surface area (Å²) in [5, 5.41) is 17.8. The predicted molar refractivity (Wildman–Crippen MR) is 83.0 cm³/mol. The van der Waals surface area contributed by atoms with E-state index in [1.165, 1.54) is 11.8 Å². The van der Waals surface area contributed by atoms with Gasteiger partial charge in [0.2, 0.25) is 0 Å². The molecule has 0 aromatic rings. The summed E-state index contributed by atoms with van der Waals surface area (Å²) in [4.78, 5) is 10.5. The lowest BCUT2D eigenvalue weighted by molar-refractivity contribution is -0.137. The van der Waals surface area contributed by atoms with E-state index in [1.54, 1.807) is 18.7 Å². The molecule has 2 atom stereocenters. The highest BCUT2D eigenvalue weighted by molar-refractivity contribution is 8.47. The second-order valence-corrected chi connectivity index (χ2v) is 8.14. The molecule has 0 saturated carbocycles. The van der Waals surface area contributed by atoms with Crippen molar-refractivity contribution in [1.29, 1.82) is 5.26 Å². The minimum atomic E-state index is -0.879.